The Morgan fingerprint density at radius 3 is 2.26 bits per heavy atom. The molecule has 10 heteroatoms. The van der Waals surface area contributed by atoms with Crippen molar-refractivity contribution < 1.29 is 33.7 Å². The van der Waals surface area contributed by atoms with E-state index in [4.69, 9.17) is 14.2 Å². The molecule has 1 aliphatic rings. The Morgan fingerprint density at radius 1 is 0.830 bits per heavy atom. The number of rotatable bonds is 13. The summed E-state index contributed by atoms with van der Waals surface area (Å²) < 4.78 is 16.9. The molecule has 3 rings (SSSR count). The molecule has 0 fully saturated rings. The van der Waals surface area contributed by atoms with Gasteiger partial charge in [-0.2, -0.15) is 0 Å². The van der Waals surface area contributed by atoms with Gasteiger partial charge in [0.15, 0.2) is 0 Å². The Balaban J connectivity index is 1.69. The zero-order valence-corrected chi connectivity index (χ0v) is 28.4. The van der Waals surface area contributed by atoms with Crippen molar-refractivity contribution in [3.63, 3.8) is 0 Å². The van der Waals surface area contributed by atoms with Crippen molar-refractivity contribution in [2.45, 2.75) is 65.3 Å². The van der Waals surface area contributed by atoms with Crippen LogP contribution in [0.5, 0.6) is 5.75 Å². The number of aliphatic hydroxyl groups excluding tert-OH is 1. The van der Waals surface area contributed by atoms with Crippen molar-refractivity contribution in [3.05, 3.63) is 90.6 Å². The highest BCUT2D eigenvalue weighted by Crippen LogP contribution is 2.25. The molecule has 2 aromatic rings. The topological polar surface area (TPSA) is 118 Å². The van der Waals surface area contributed by atoms with Crippen LogP contribution < -0.4 is 10.1 Å². The van der Waals surface area contributed by atoms with Crippen LogP contribution in [0.15, 0.2) is 90.6 Å². The van der Waals surface area contributed by atoms with Crippen LogP contribution in [0.1, 0.15) is 48.0 Å². The zero-order valence-electron chi connectivity index (χ0n) is 28.4. The molecule has 2 N–H and O–H groups in total. The van der Waals surface area contributed by atoms with Crippen molar-refractivity contribution in [2.24, 2.45) is 0 Å². The number of alkyl carbamates (subject to hydrolysis) is 1. The largest absolute Gasteiger partial charge is 0.490 e. The average Bonchev–Trinajstić information content (AvgIpc) is 2.96. The number of fused-ring (bicyclic) bond motifs is 1. The quantitative estimate of drug-likeness (QED) is 0.267. The van der Waals surface area contributed by atoms with Gasteiger partial charge in [-0.05, 0) is 58.6 Å². The summed E-state index contributed by atoms with van der Waals surface area (Å²) in [7, 11) is 0. The summed E-state index contributed by atoms with van der Waals surface area (Å²) in [6, 6.07) is 13.5. The lowest BCUT2D eigenvalue weighted by Crippen LogP contribution is -2.45. The summed E-state index contributed by atoms with van der Waals surface area (Å²) in [6.45, 7) is 11.1. The van der Waals surface area contributed by atoms with Gasteiger partial charge in [0.1, 0.15) is 29.7 Å². The predicted octanol–water partition coefficient (Wildman–Crippen LogP) is 6.17. The Kier molecular flexibility index (Phi) is 13.6. The molecular formula is C37H49N3O7. The first-order valence-corrected chi connectivity index (χ1v) is 15.9. The number of carbonyl (C=O) groups excluding carboxylic acids is 3. The van der Waals surface area contributed by atoms with E-state index >= 15 is 0 Å². The maximum Gasteiger partial charge on any atom is 0.410 e. The first kappa shape index (κ1) is 36.9. The molecule has 1 atom stereocenters. The lowest BCUT2D eigenvalue weighted by molar-refractivity contribution is -0.131. The maximum atomic E-state index is 13.6. The minimum atomic E-state index is -1.05. The second-order valence-corrected chi connectivity index (χ2v) is 13.2. The lowest BCUT2D eigenvalue weighted by atomic mass is 10.1. The molecule has 254 valence electrons. The van der Waals surface area contributed by atoms with Gasteiger partial charge >= 0.3 is 12.2 Å². The number of allylic oxidation sites excluding steroid dienone is 6. The van der Waals surface area contributed by atoms with Gasteiger partial charge in [0, 0.05) is 38.0 Å². The van der Waals surface area contributed by atoms with Gasteiger partial charge in [0.05, 0.1) is 6.54 Å². The van der Waals surface area contributed by atoms with Crippen LogP contribution in [0.3, 0.4) is 0 Å². The lowest BCUT2D eigenvalue weighted by Gasteiger charge is -2.30. The molecular weight excluding hydrogens is 598 g/mol. The van der Waals surface area contributed by atoms with Crippen molar-refractivity contribution in [2.75, 3.05) is 39.3 Å². The van der Waals surface area contributed by atoms with Crippen LogP contribution in [0.25, 0.3) is 10.8 Å². The fraction of sp³-hybridized carbons (Fsp3) is 0.432. The molecule has 47 heavy (non-hydrogen) atoms. The number of carbonyl (C=O) groups is 3. The number of hydrogen-bond donors (Lipinski definition) is 2. The normalized spacial score (nSPS) is 15.0. The van der Waals surface area contributed by atoms with E-state index < -0.39 is 29.5 Å². The third-order valence-electron chi connectivity index (χ3n) is 6.70. The molecule has 0 saturated heterocycles. The fourth-order valence-corrected chi connectivity index (χ4v) is 4.62. The highest BCUT2D eigenvalue weighted by Gasteiger charge is 2.26. The number of ether oxygens (including phenoxy) is 3. The van der Waals surface area contributed by atoms with Gasteiger partial charge in [0.2, 0.25) is 5.91 Å². The molecule has 10 nitrogen and oxygen atoms in total. The van der Waals surface area contributed by atoms with Gasteiger partial charge < -0.3 is 34.4 Å². The number of benzene rings is 2. The molecule has 0 saturated carbocycles. The average molecular weight is 648 g/mol. The van der Waals surface area contributed by atoms with E-state index in [1.807, 2.05) is 85.0 Å². The fourth-order valence-electron chi connectivity index (χ4n) is 4.62. The van der Waals surface area contributed by atoms with Gasteiger partial charge in [-0.15, -0.1) is 0 Å². The van der Waals surface area contributed by atoms with Crippen LogP contribution in [0, 0.1) is 0 Å². The third-order valence-corrected chi connectivity index (χ3v) is 6.70. The molecule has 0 spiro atoms. The Bertz CT molecular complexity index is 1480. The first-order valence-electron chi connectivity index (χ1n) is 15.9. The van der Waals surface area contributed by atoms with Crippen LogP contribution in [0.4, 0.5) is 9.59 Å². The summed E-state index contributed by atoms with van der Waals surface area (Å²) in [6.07, 6.45) is 11.0. The number of nitrogens with one attached hydrogen (secondary N) is 1. The van der Waals surface area contributed by atoms with E-state index in [9.17, 15) is 19.5 Å². The van der Waals surface area contributed by atoms with E-state index in [1.54, 1.807) is 46.4 Å². The van der Waals surface area contributed by atoms with Gasteiger partial charge in [-0.25, -0.2) is 9.59 Å². The van der Waals surface area contributed by atoms with E-state index in [1.165, 1.54) is 4.90 Å². The zero-order chi connectivity index (χ0) is 34.5. The monoisotopic (exact) mass is 647 g/mol. The molecule has 0 heterocycles. The van der Waals surface area contributed by atoms with Crippen LogP contribution >= 0.6 is 0 Å². The number of nitrogens with zero attached hydrogens (tertiary/aromatic N) is 2. The third kappa shape index (κ3) is 13.8. The second kappa shape index (κ2) is 17.4. The van der Waals surface area contributed by atoms with Crippen LogP contribution in [-0.4, -0.2) is 89.6 Å². The second-order valence-electron chi connectivity index (χ2n) is 13.2. The Hall–Kier alpha value is -4.57. The molecule has 2 aromatic carbocycles. The van der Waals surface area contributed by atoms with E-state index in [2.05, 4.69) is 5.32 Å². The van der Waals surface area contributed by atoms with Crippen LogP contribution in [-0.2, 0) is 14.3 Å². The van der Waals surface area contributed by atoms with Crippen molar-refractivity contribution in [1.82, 2.24) is 15.1 Å². The van der Waals surface area contributed by atoms with E-state index in [0.29, 0.717) is 5.75 Å². The van der Waals surface area contributed by atoms with Crippen molar-refractivity contribution >= 4 is 28.9 Å². The van der Waals surface area contributed by atoms with Crippen molar-refractivity contribution in [1.29, 1.82) is 0 Å². The van der Waals surface area contributed by atoms with Gasteiger partial charge in [0.25, 0.3) is 0 Å². The molecule has 0 radical (unpaired) electrons. The summed E-state index contributed by atoms with van der Waals surface area (Å²) in [5, 5.41) is 15.6. The minimum Gasteiger partial charge on any atom is -0.490 e. The smallest absolute Gasteiger partial charge is 0.410 e. The van der Waals surface area contributed by atoms with Crippen molar-refractivity contribution in [3.8, 4) is 5.75 Å². The molecule has 0 unspecified atom stereocenters. The van der Waals surface area contributed by atoms with E-state index in [0.717, 1.165) is 16.3 Å². The SMILES string of the molecule is CC(C)(C)OC(=O)NCCN(CC1=C/C=C\C=C/C=C1)C(=O)CCN(C[C@H](O)COc1cccc2ccccc12)C(=O)OC(C)(C)C. The predicted molar refractivity (Wildman–Crippen MR) is 184 cm³/mol. The van der Waals surface area contributed by atoms with E-state index in [-0.39, 0.29) is 51.7 Å². The molecule has 0 aliphatic heterocycles. The Morgan fingerprint density at radius 2 is 1.51 bits per heavy atom. The summed E-state index contributed by atoms with van der Waals surface area (Å²) in [5.41, 5.74) is -0.535. The summed E-state index contributed by atoms with van der Waals surface area (Å²) in [5.74, 6) is 0.390. The number of aliphatic hydroxyl groups is 1. The minimum absolute atomic E-state index is 0.00654. The maximum absolute atomic E-state index is 13.6. The molecule has 3 amide bonds. The standard InChI is InChI=1S/C37H49N3O7/c1-36(2,3)46-34(43)38-22-24-39(25-28-15-10-8-7-9-11-16-28)33(42)21-23-40(35(44)47-37(4,5)6)26-30(41)27-45-32-20-14-18-29-17-12-13-19-31(29)32/h7-20,30,41H,21-27H2,1-6H3,(H,38,43)/b8-7-,9-7?,10-8?,11-9-,15-10?,16-11?,28-15?,28-16?/t30-/m0/s1. The highest BCUT2D eigenvalue weighted by molar-refractivity contribution is 5.88. The van der Waals surface area contributed by atoms with Gasteiger partial charge in [-0.3, -0.25) is 4.79 Å². The van der Waals surface area contributed by atoms with Gasteiger partial charge in [-0.1, -0.05) is 78.9 Å². The van der Waals surface area contributed by atoms with Crippen LogP contribution in [0.2, 0.25) is 0 Å². The molecule has 0 aromatic heterocycles. The highest BCUT2D eigenvalue weighted by atomic mass is 16.6. The number of hydrogen-bond acceptors (Lipinski definition) is 7. The summed E-state index contributed by atoms with van der Waals surface area (Å²) >= 11 is 0. The molecule has 0 bridgehead atoms. The molecule has 1 aliphatic carbocycles. The summed E-state index contributed by atoms with van der Waals surface area (Å²) in [4.78, 5) is 42.0. The Labute approximate surface area is 278 Å². The number of amides is 3. The first-order chi connectivity index (χ1) is 22.2.